The predicted octanol–water partition coefficient (Wildman–Crippen LogP) is 2.86. The van der Waals surface area contributed by atoms with Crippen molar-refractivity contribution in [2.45, 2.75) is 32.2 Å². The number of hydrogen-bond acceptors (Lipinski definition) is 4. The van der Waals surface area contributed by atoms with Crippen molar-refractivity contribution in [3.63, 3.8) is 0 Å². The fourth-order valence-corrected chi connectivity index (χ4v) is 3.64. The van der Waals surface area contributed by atoms with Gasteiger partial charge in [0.1, 0.15) is 11.6 Å². The summed E-state index contributed by atoms with van der Waals surface area (Å²) in [6.07, 6.45) is 5.98. The number of benzene rings is 1. The Morgan fingerprint density at radius 3 is 2.93 bits per heavy atom. The molecule has 27 heavy (non-hydrogen) atoms. The van der Waals surface area contributed by atoms with Crippen molar-refractivity contribution in [3.8, 4) is 5.75 Å². The first-order valence-corrected chi connectivity index (χ1v) is 9.77. The molecule has 0 bridgehead atoms. The third-order valence-electron chi connectivity index (χ3n) is 5.03. The topological polar surface area (TPSA) is 50.6 Å². The first-order valence-electron chi connectivity index (χ1n) is 9.77. The van der Waals surface area contributed by atoms with Crippen LogP contribution in [0.25, 0.3) is 0 Å². The van der Waals surface area contributed by atoms with E-state index in [0.717, 1.165) is 38.3 Å². The van der Waals surface area contributed by atoms with E-state index >= 15 is 0 Å². The molecule has 1 aliphatic rings. The van der Waals surface area contributed by atoms with Crippen molar-refractivity contribution in [1.82, 2.24) is 19.4 Å². The second-order valence-corrected chi connectivity index (χ2v) is 7.30. The molecule has 146 valence electrons. The average Bonchev–Trinajstić information content (AvgIpc) is 3.15. The molecular weight excluding hydrogens is 340 g/mol. The number of carbonyl (C=O) groups is 1. The Morgan fingerprint density at radius 1 is 1.33 bits per heavy atom. The smallest absolute Gasteiger partial charge is 0.257 e. The van der Waals surface area contributed by atoms with Crippen molar-refractivity contribution >= 4 is 5.91 Å². The minimum Gasteiger partial charge on any atom is -0.493 e. The summed E-state index contributed by atoms with van der Waals surface area (Å²) in [6, 6.07) is 7.52. The van der Waals surface area contributed by atoms with E-state index in [-0.39, 0.29) is 11.8 Å². The SMILES string of the molecule is CCOc1ccccc1C(=O)N1CCCC(c2nccn2CCN(C)C)C1. The van der Waals surface area contributed by atoms with Gasteiger partial charge in [0, 0.05) is 44.5 Å². The lowest BCUT2D eigenvalue weighted by molar-refractivity contribution is 0.0699. The lowest BCUT2D eigenvalue weighted by Crippen LogP contribution is -2.40. The largest absolute Gasteiger partial charge is 0.493 e. The van der Waals surface area contributed by atoms with Crippen molar-refractivity contribution in [2.75, 3.05) is 40.3 Å². The minimum absolute atomic E-state index is 0.0511. The Balaban J connectivity index is 1.73. The van der Waals surface area contributed by atoms with Crippen LogP contribution in [0, 0.1) is 0 Å². The third kappa shape index (κ3) is 4.69. The molecule has 2 heterocycles. The van der Waals surface area contributed by atoms with Crippen LogP contribution in [0.1, 0.15) is 41.9 Å². The Morgan fingerprint density at radius 2 is 2.15 bits per heavy atom. The van der Waals surface area contributed by atoms with E-state index in [1.807, 2.05) is 48.5 Å². The van der Waals surface area contributed by atoms with E-state index in [1.54, 1.807) is 0 Å². The van der Waals surface area contributed by atoms with Crippen molar-refractivity contribution < 1.29 is 9.53 Å². The standard InChI is InChI=1S/C21H30N4O2/c1-4-27-19-10-6-5-9-18(19)21(26)25-12-7-8-17(16-25)20-22-11-13-24(20)15-14-23(2)3/h5-6,9-11,13,17H,4,7-8,12,14-16H2,1-3H3. The summed E-state index contributed by atoms with van der Waals surface area (Å²) in [6.45, 7) is 5.87. The molecule has 6 heteroatoms. The van der Waals surface area contributed by atoms with Gasteiger partial charge in [0.25, 0.3) is 5.91 Å². The molecule has 1 saturated heterocycles. The molecule has 0 aliphatic carbocycles. The quantitative estimate of drug-likeness (QED) is 0.752. The molecule has 2 aromatic rings. The van der Waals surface area contributed by atoms with E-state index in [1.165, 1.54) is 0 Å². The summed E-state index contributed by atoms with van der Waals surface area (Å²) in [4.78, 5) is 21.9. The fraction of sp³-hybridized carbons (Fsp3) is 0.524. The van der Waals surface area contributed by atoms with Crippen molar-refractivity contribution in [3.05, 3.63) is 48.0 Å². The van der Waals surface area contributed by atoms with Crippen LogP contribution in [0.4, 0.5) is 0 Å². The number of aromatic nitrogens is 2. The third-order valence-corrected chi connectivity index (χ3v) is 5.03. The molecule has 0 spiro atoms. The number of amides is 1. The zero-order valence-corrected chi connectivity index (χ0v) is 16.6. The number of rotatable bonds is 7. The van der Waals surface area contributed by atoms with Gasteiger partial charge < -0.3 is 19.1 Å². The maximum atomic E-state index is 13.1. The molecule has 6 nitrogen and oxygen atoms in total. The van der Waals surface area contributed by atoms with Crippen LogP contribution < -0.4 is 4.74 Å². The number of ether oxygens (including phenoxy) is 1. The molecule has 1 aromatic carbocycles. The van der Waals surface area contributed by atoms with Gasteiger partial charge in [0.05, 0.1) is 12.2 Å². The maximum absolute atomic E-state index is 13.1. The van der Waals surface area contributed by atoms with Gasteiger partial charge in [0.2, 0.25) is 0 Å². The highest BCUT2D eigenvalue weighted by atomic mass is 16.5. The van der Waals surface area contributed by atoms with Crippen molar-refractivity contribution in [2.24, 2.45) is 0 Å². The highest BCUT2D eigenvalue weighted by Gasteiger charge is 2.29. The molecule has 0 radical (unpaired) electrons. The normalized spacial score (nSPS) is 17.3. The lowest BCUT2D eigenvalue weighted by atomic mass is 9.96. The van der Waals surface area contributed by atoms with Gasteiger partial charge in [-0.05, 0) is 46.0 Å². The van der Waals surface area contributed by atoms with E-state index in [9.17, 15) is 4.79 Å². The first-order chi connectivity index (χ1) is 13.1. The number of para-hydroxylation sites is 1. The summed E-state index contributed by atoms with van der Waals surface area (Å²) in [5, 5.41) is 0. The number of hydrogen-bond donors (Lipinski definition) is 0. The van der Waals surface area contributed by atoms with Crippen LogP contribution in [-0.4, -0.2) is 65.6 Å². The van der Waals surface area contributed by atoms with Crippen LogP contribution in [-0.2, 0) is 6.54 Å². The van der Waals surface area contributed by atoms with E-state index in [0.29, 0.717) is 24.5 Å². The summed E-state index contributed by atoms with van der Waals surface area (Å²) in [7, 11) is 4.15. The molecule has 1 unspecified atom stereocenters. The van der Waals surface area contributed by atoms with Gasteiger partial charge >= 0.3 is 0 Å². The van der Waals surface area contributed by atoms with Gasteiger partial charge in [-0.25, -0.2) is 4.98 Å². The van der Waals surface area contributed by atoms with Crippen LogP contribution >= 0.6 is 0 Å². The van der Waals surface area contributed by atoms with Crippen LogP contribution in [0.3, 0.4) is 0 Å². The minimum atomic E-state index is 0.0511. The Bertz CT molecular complexity index is 756. The Kier molecular flexibility index (Phi) is 6.50. The summed E-state index contributed by atoms with van der Waals surface area (Å²) in [5.41, 5.74) is 0.649. The second kappa shape index (κ2) is 9.04. The predicted molar refractivity (Wildman–Crippen MR) is 106 cm³/mol. The number of carbonyl (C=O) groups excluding carboxylic acids is 1. The Labute approximate surface area is 161 Å². The monoisotopic (exact) mass is 370 g/mol. The van der Waals surface area contributed by atoms with Gasteiger partial charge in [-0.1, -0.05) is 12.1 Å². The molecule has 1 aliphatic heterocycles. The van der Waals surface area contributed by atoms with E-state index in [4.69, 9.17) is 4.74 Å². The molecular formula is C21H30N4O2. The fourth-order valence-electron chi connectivity index (χ4n) is 3.64. The summed E-state index contributed by atoms with van der Waals surface area (Å²) < 4.78 is 7.88. The van der Waals surface area contributed by atoms with Crippen LogP contribution in [0.2, 0.25) is 0 Å². The molecule has 0 N–H and O–H groups in total. The van der Waals surface area contributed by atoms with E-state index < -0.39 is 0 Å². The maximum Gasteiger partial charge on any atom is 0.257 e. The Hall–Kier alpha value is -2.34. The summed E-state index contributed by atoms with van der Waals surface area (Å²) in [5.74, 6) is 2.08. The number of imidazole rings is 1. The van der Waals surface area contributed by atoms with Crippen LogP contribution in [0.5, 0.6) is 5.75 Å². The number of nitrogens with zero attached hydrogens (tertiary/aromatic N) is 4. The van der Waals surface area contributed by atoms with E-state index in [2.05, 4.69) is 28.5 Å². The van der Waals surface area contributed by atoms with Gasteiger partial charge in [-0.15, -0.1) is 0 Å². The molecule has 1 amide bonds. The number of likely N-dealkylation sites (tertiary alicyclic amines) is 1. The van der Waals surface area contributed by atoms with Gasteiger partial charge in [0.15, 0.2) is 0 Å². The highest BCUT2D eigenvalue weighted by molar-refractivity contribution is 5.97. The lowest BCUT2D eigenvalue weighted by Gasteiger charge is -2.33. The highest BCUT2D eigenvalue weighted by Crippen LogP contribution is 2.28. The molecule has 1 fully saturated rings. The van der Waals surface area contributed by atoms with Gasteiger partial charge in [-0.3, -0.25) is 4.79 Å². The average molecular weight is 370 g/mol. The van der Waals surface area contributed by atoms with Crippen molar-refractivity contribution in [1.29, 1.82) is 0 Å². The molecule has 3 rings (SSSR count). The second-order valence-electron chi connectivity index (χ2n) is 7.30. The summed E-state index contributed by atoms with van der Waals surface area (Å²) >= 11 is 0. The molecule has 1 aromatic heterocycles. The zero-order valence-electron chi connectivity index (χ0n) is 16.6. The molecule has 1 atom stereocenters. The molecule has 0 saturated carbocycles. The number of piperidine rings is 1. The number of likely N-dealkylation sites (N-methyl/N-ethyl adjacent to an activating group) is 1. The first kappa shape index (κ1) is 19.4. The van der Waals surface area contributed by atoms with Gasteiger partial charge in [-0.2, -0.15) is 0 Å². The zero-order chi connectivity index (χ0) is 19.2. The van der Waals surface area contributed by atoms with Crippen LogP contribution in [0.15, 0.2) is 36.7 Å².